The smallest absolute Gasteiger partial charge is 0.307 e. The Balaban J connectivity index is 2.42. The summed E-state index contributed by atoms with van der Waals surface area (Å²) >= 11 is 0. The van der Waals surface area contributed by atoms with Gasteiger partial charge in [-0.15, -0.1) is 0 Å². The minimum Gasteiger partial charge on any atom is -0.460 e. The van der Waals surface area contributed by atoms with E-state index in [1.54, 1.807) is 45.2 Å². The van der Waals surface area contributed by atoms with Gasteiger partial charge in [0, 0.05) is 11.9 Å². The molecule has 1 unspecified atom stereocenters. The molecule has 17 heavy (non-hydrogen) atoms. The van der Waals surface area contributed by atoms with Crippen LogP contribution < -0.4 is 0 Å². The second-order valence-electron chi connectivity index (χ2n) is 4.55. The average molecular weight is 255 g/mol. The largest absolute Gasteiger partial charge is 0.460 e. The highest BCUT2D eigenvalue weighted by atomic mass is 32.2. The van der Waals surface area contributed by atoms with Crippen LogP contribution in [0.5, 0.6) is 0 Å². The summed E-state index contributed by atoms with van der Waals surface area (Å²) in [7, 11) is -1.24. The van der Waals surface area contributed by atoms with E-state index in [9.17, 15) is 9.00 Å². The molecule has 4 nitrogen and oxygen atoms in total. The Kier molecular flexibility index (Phi) is 4.81. The molecule has 0 aliphatic heterocycles. The molecule has 0 aliphatic rings. The molecule has 0 radical (unpaired) electrons. The highest BCUT2D eigenvalue weighted by Gasteiger charge is 2.17. The molecule has 1 aromatic heterocycles. The van der Waals surface area contributed by atoms with Gasteiger partial charge in [0.1, 0.15) is 10.6 Å². The van der Waals surface area contributed by atoms with Crippen molar-refractivity contribution in [3.05, 3.63) is 24.4 Å². The van der Waals surface area contributed by atoms with E-state index < -0.39 is 16.4 Å². The number of aromatic nitrogens is 1. The third-order valence-corrected chi connectivity index (χ3v) is 3.07. The maximum atomic E-state index is 11.8. The molecule has 1 atom stereocenters. The van der Waals surface area contributed by atoms with E-state index in [1.165, 1.54) is 0 Å². The number of carbonyl (C=O) groups is 1. The quantitative estimate of drug-likeness (QED) is 0.771. The number of ether oxygens (including phenoxy) is 1. The van der Waals surface area contributed by atoms with Crippen molar-refractivity contribution in [2.75, 3.05) is 5.75 Å². The number of pyridine rings is 1. The van der Waals surface area contributed by atoms with Gasteiger partial charge in [0.2, 0.25) is 0 Å². The van der Waals surface area contributed by atoms with Gasteiger partial charge < -0.3 is 4.74 Å². The second kappa shape index (κ2) is 5.91. The van der Waals surface area contributed by atoms with E-state index in [2.05, 4.69) is 4.98 Å². The van der Waals surface area contributed by atoms with Gasteiger partial charge in [-0.1, -0.05) is 6.07 Å². The lowest BCUT2D eigenvalue weighted by Gasteiger charge is -2.19. The lowest BCUT2D eigenvalue weighted by molar-refractivity contribution is -0.154. The minimum absolute atomic E-state index is 0.139. The number of nitrogens with zero attached hydrogens (tertiary/aromatic N) is 1. The first-order valence-electron chi connectivity index (χ1n) is 5.40. The predicted octanol–water partition coefficient (Wildman–Crippen LogP) is 1.92. The maximum Gasteiger partial charge on any atom is 0.307 e. The van der Waals surface area contributed by atoms with E-state index in [4.69, 9.17) is 4.74 Å². The zero-order chi connectivity index (χ0) is 12.9. The molecule has 1 heterocycles. The van der Waals surface area contributed by atoms with Crippen LogP contribution in [-0.2, 0) is 20.3 Å². The van der Waals surface area contributed by atoms with Gasteiger partial charge in [-0.05, 0) is 32.9 Å². The van der Waals surface area contributed by atoms with Crippen molar-refractivity contribution in [3.63, 3.8) is 0 Å². The predicted molar refractivity (Wildman–Crippen MR) is 66.0 cm³/mol. The van der Waals surface area contributed by atoms with Crippen LogP contribution in [0.1, 0.15) is 27.2 Å². The van der Waals surface area contributed by atoms with Crippen molar-refractivity contribution in [1.82, 2.24) is 4.98 Å². The fourth-order valence-corrected chi connectivity index (χ4v) is 2.12. The third-order valence-electron chi connectivity index (χ3n) is 1.78. The van der Waals surface area contributed by atoms with Crippen LogP contribution in [0.3, 0.4) is 0 Å². The minimum atomic E-state index is -1.24. The molecule has 0 fully saturated rings. The maximum absolute atomic E-state index is 11.8. The van der Waals surface area contributed by atoms with Gasteiger partial charge >= 0.3 is 5.97 Å². The Morgan fingerprint density at radius 3 is 2.65 bits per heavy atom. The standard InChI is InChI=1S/C12H17NO3S/c1-12(2,3)16-11(14)7-9-17(15)10-6-4-5-8-13-10/h4-6,8H,7,9H2,1-3H3. The Morgan fingerprint density at radius 1 is 1.41 bits per heavy atom. The lowest BCUT2D eigenvalue weighted by Crippen LogP contribution is -2.24. The number of carbonyl (C=O) groups excluding carboxylic acids is 1. The molecule has 94 valence electrons. The summed E-state index contributed by atoms with van der Waals surface area (Å²) in [5.41, 5.74) is -0.496. The summed E-state index contributed by atoms with van der Waals surface area (Å²) in [4.78, 5) is 15.4. The van der Waals surface area contributed by atoms with Crippen molar-refractivity contribution in [3.8, 4) is 0 Å². The molecule has 0 amide bonds. The van der Waals surface area contributed by atoms with Gasteiger partial charge in [0.25, 0.3) is 0 Å². The van der Waals surface area contributed by atoms with Crippen molar-refractivity contribution in [2.24, 2.45) is 0 Å². The van der Waals surface area contributed by atoms with Crippen LogP contribution in [0.2, 0.25) is 0 Å². The van der Waals surface area contributed by atoms with Crippen molar-refractivity contribution >= 4 is 16.8 Å². The number of esters is 1. The molecule has 1 aromatic rings. The van der Waals surface area contributed by atoms with Crippen LogP contribution in [0.25, 0.3) is 0 Å². The molecule has 5 heteroatoms. The highest BCUT2D eigenvalue weighted by Crippen LogP contribution is 2.09. The molecule has 0 saturated heterocycles. The number of rotatable bonds is 4. The average Bonchev–Trinajstić information content (AvgIpc) is 2.25. The SMILES string of the molecule is CC(C)(C)OC(=O)CCS(=O)c1ccccn1. The normalized spacial score (nSPS) is 13.1. The summed E-state index contributed by atoms with van der Waals surface area (Å²) in [6.07, 6.45) is 1.72. The van der Waals surface area contributed by atoms with E-state index in [1.807, 2.05) is 0 Å². The van der Waals surface area contributed by atoms with Crippen LogP contribution in [0.15, 0.2) is 29.4 Å². The van der Waals surface area contributed by atoms with Gasteiger partial charge in [0.05, 0.1) is 17.2 Å². The van der Waals surface area contributed by atoms with Gasteiger partial charge in [0.15, 0.2) is 0 Å². The molecule has 0 saturated carbocycles. The van der Waals surface area contributed by atoms with E-state index >= 15 is 0 Å². The lowest BCUT2D eigenvalue weighted by atomic mass is 10.2. The fourth-order valence-electron chi connectivity index (χ4n) is 1.15. The van der Waals surface area contributed by atoms with Crippen molar-refractivity contribution < 1.29 is 13.7 Å². The monoisotopic (exact) mass is 255 g/mol. The molecule has 1 rings (SSSR count). The molecule has 0 aliphatic carbocycles. The summed E-state index contributed by atoms with van der Waals surface area (Å²) in [5.74, 6) is -0.0897. The zero-order valence-corrected chi connectivity index (χ0v) is 11.1. The van der Waals surface area contributed by atoms with Crippen LogP contribution in [0.4, 0.5) is 0 Å². The molecule has 0 aromatic carbocycles. The van der Waals surface area contributed by atoms with E-state index in [-0.39, 0.29) is 18.1 Å². The van der Waals surface area contributed by atoms with Crippen LogP contribution in [0, 0.1) is 0 Å². The van der Waals surface area contributed by atoms with Crippen molar-refractivity contribution in [1.29, 1.82) is 0 Å². The topological polar surface area (TPSA) is 56.3 Å². The Morgan fingerprint density at radius 2 is 2.12 bits per heavy atom. The van der Waals surface area contributed by atoms with Crippen LogP contribution in [-0.4, -0.2) is 26.5 Å². The third kappa shape index (κ3) is 5.58. The summed E-state index contributed by atoms with van der Waals surface area (Å²) < 4.78 is 16.9. The molecule has 0 N–H and O–H groups in total. The van der Waals surface area contributed by atoms with Gasteiger partial charge in [-0.25, -0.2) is 4.98 Å². The first kappa shape index (κ1) is 13.8. The molecule has 0 spiro atoms. The Bertz CT molecular complexity index is 398. The summed E-state index contributed by atoms with van der Waals surface area (Å²) in [6, 6.07) is 5.22. The van der Waals surface area contributed by atoms with Crippen LogP contribution >= 0.6 is 0 Å². The van der Waals surface area contributed by atoms with Gasteiger partial charge in [-0.2, -0.15) is 0 Å². The first-order valence-corrected chi connectivity index (χ1v) is 6.71. The van der Waals surface area contributed by atoms with Crippen molar-refractivity contribution in [2.45, 2.75) is 37.8 Å². The van der Waals surface area contributed by atoms with E-state index in [0.29, 0.717) is 5.03 Å². The Labute approximate surface area is 104 Å². The summed E-state index contributed by atoms with van der Waals surface area (Å²) in [6.45, 7) is 5.42. The van der Waals surface area contributed by atoms with E-state index in [0.717, 1.165) is 0 Å². The zero-order valence-electron chi connectivity index (χ0n) is 10.3. The number of hydrogen-bond acceptors (Lipinski definition) is 4. The fraction of sp³-hybridized carbons (Fsp3) is 0.500. The second-order valence-corrected chi connectivity index (χ2v) is 6.07. The molecular formula is C12H17NO3S. The van der Waals surface area contributed by atoms with Gasteiger partial charge in [-0.3, -0.25) is 9.00 Å². The highest BCUT2D eigenvalue weighted by molar-refractivity contribution is 7.85. The summed E-state index contributed by atoms with van der Waals surface area (Å²) in [5, 5.41) is 0.496. The molecular weight excluding hydrogens is 238 g/mol. The molecule has 0 bridgehead atoms. The Hall–Kier alpha value is -1.23. The first-order chi connectivity index (χ1) is 7.88. The number of hydrogen-bond donors (Lipinski definition) is 0.